The van der Waals surface area contributed by atoms with E-state index in [1.54, 1.807) is 6.92 Å². The number of rotatable bonds is 4. The summed E-state index contributed by atoms with van der Waals surface area (Å²) < 4.78 is 0. The molecule has 0 radical (unpaired) electrons. The lowest BCUT2D eigenvalue weighted by Crippen LogP contribution is -2.37. The highest BCUT2D eigenvalue weighted by Gasteiger charge is 2.27. The Morgan fingerprint density at radius 3 is 2.48 bits per heavy atom. The molecule has 5 heteroatoms. The molecule has 2 atom stereocenters. The second-order valence-electron chi connectivity index (χ2n) is 5.61. The van der Waals surface area contributed by atoms with Gasteiger partial charge in [-0.15, -0.1) is 0 Å². The van der Waals surface area contributed by atoms with E-state index in [0.717, 1.165) is 16.5 Å². The number of hydrogen-bond acceptors (Lipinski definition) is 3. The van der Waals surface area contributed by atoms with Crippen molar-refractivity contribution in [2.24, 2.45) is 0 Å². The largest absolute Gasteiger partial charge is 0.361 e. The molecular formula is C20H31N3O2. The van der Waals surface area contributed by atoms with Gasteiger partial charge in [-0.2, -0.15) is 0 Å². The van der Waals surface area contributed by atoms with Crippen LogP contribution in [0.2, 0.25) is 0 Å². The number of para-hydroxylation sites is 1. The van der Waals surface area contributed by atoms with Crippen molar-refractivity contribution in [3.8, 4) is 0 Å². The van der Waals surface area contributed by atoms with Crippen LogP contribution in [0.25, 0.3) is 10.9 Å². The van der Waals surface area contributed by atoms with Gasteiger partial charge in [0.05, 0.1) is 12.5 Å². The molecule has 2 heterocycles. The fourth-order valence-electron chi connectivity index (χ4n) is 2.88. The van der Waals surface area contributed by atoms with E-state index in [1.807, 2.05) is 58.2 Å². The number of hydrogen-bond donors (Lipinski definition) is 3. The number of fused-ring (bicyclic) bond motifs is 1. The highest BCUT2D eigenvalue weighted by molar-refractivity contribution is 5.89. The normalized spacial score (nSPS) is 18.6. The van der Waals surface area contributed by atoms with Crippen LogP contribution in [0.4, 0.5) is 0 Å². The summed E-state index contributed by atoms with van der Waals surface area (Å²) in [4.78, 5) is 26.6. The van der Waals surface area contributed by atoms with Crippen LogP contribution in [-0.2, 0) is 16.0 Å². The Bertz CT molecular complexity index is 678. The fraction of sp³-hybridized carbons (Fsp3) is 0.500. The number of ketones is 1. The maximum atomic E-state index is 12.1. The molecule has 1 saturated heterocycles. The summed E-state index contributed by atoms with van der Waals surface area (Å²) in [6.45, 7) is 10.2. The summed E-state index contributed by atoms with van der Waals surface area (Å²) in [7, 11) is 0. The third kappa shape index (κ3) is 5.71. The molecule has 1 fully saturated rings. The highest BCUT2D eigenvalue weighted by Crippen LogP contribution is 2.18. The summed E-state index contributed by atoms with van der Waals surface area (Å²) in [5.41, 5.74) is 2.04. The summed E-state index contributed by atoms with van der Waals surface area (Å²) >= 11 is 0. The van der Waals surface area contributed by atoms with E-state index in [1.165, 1.54) is 0 Å². The zero-order valence-electron chi connectivity index (χ0n) is 16.0. The molecule has 0 spiro atoms. The summed E-state index contributed by atoms with van der Waals surface area (Å²) in [6, 6.07) is 7.86. The molecule has 0 aliphatic carbocycles. The van der Waals surface area contributed by atoms with Gasteiger partial charge < -0.3 is 15.6 Å². The average Bonchev–Trinajstić information content (AvgIpc) is 3.26. The summed E-state index contributed by atoms with van der Waals surface area (Å²) in [6.07, 6.45) is 2.91. The standard InChI is InChI=1S/C16H19N3O2.2C2H6/c1-10(20)15-7-12(9-18-15)19-16(21)6-11-8-17-14-5-3-2-4-13(11)14;2*1-2/h2-5,8,12,15,17-18H,6-7,9H2,1H3,(H,19,21);2*1-2H3/t12-,15-;;/m1../s1. The lowest BCUT2D eigenvalue weighted by molar-refractivity contribution is -0.121. The van der Waals surface area contributed by atoms with Gasteiger partial charge in [-0.1, -0.05) is 45.9 Å². The molecule has 2 aromatic rings. The van der Waals surface area contributed by atoms with Crippen molar-refractivity contribution in [2.75, 3.05) is 6.54 Å². The van der Waals surface area contributed by atoms with Gasteiger partial charge in [0.2, 0.25) is 5.91 Å². The van der Waals surface area contributed by atoms with Crippen LogP contribution in [0.1, 0.15) is 46.6 Å². The van der Waals surface area contributed by atoms with E-state index in [9.17, 15) is 9.59 Å². The lowest BCUT2D eigenvalue weighted by atomic mass is 10.1. The molecule has 1 aliphatic heterocycles. The van der Waals surface area contributed by atoms with Gasteiger partial charge in [0.25, 0.3) is 0 Å². The minimum atomic E-state index is -0.122. The van der Waals surface area contributed by atoms with Gasteiger partial charge in [0, 0.05) is 29.7 Å². The molecule has 0 saturated carbocycles. The lowest BCUT2D eigenvalue weighted by Gasteiger charge is -2.11. The molecule has 1 aromatic carbocycles. The number of amides is 1. The number of nitrogens with one attached hydrogen (secondary N) is 3. The third-order valence-electron chi connectivity index (χ3n) is 4.01. The van der Waals surface area contributed by atoms with Gasteiger partial charge in [-0.05, 0) is 25.0 Å². The van der Waals surface area contributed by atoms with Gasteiger partial charge in [0.1, 0.15) is 5.78 Å². The first-order valence-corrected chi connectivity index (χ1v) is 9.21. The number of carbonyl (C=O) groups is 2. The summed E-state index contributed by atoms with van der Waals surface area (Å²) in [5.74, 6) is 0.124. The number of Topliss-reactive ketones (excluding diaryl/α,β-unsaturated/α-hetero) is 1. The Morgan fingerprint density at radius 1 is 1.16 bits per heavy atom. The molecule has 1 aliphatic rings. The van der Waals surface area contributed by atoms with Crippen LogP contribution in [-0.4, -0.2) is 35.3 Å². The first kappa shape index (κ1) is 20.9. The Balaban J connectivity index is 0.000000730. The van der Waals surface area contributed by atoms with E-state index in [-0.39, 0.29) is 23.8 Å². The molecule has 3 rings (SSSR count). The number of aromatic nitrogens is 1. The number of aromatic amines is 1. The summed E-state index contributed by atoms with van der Waals surface area (Å²) in [5, 5.41) is 7.21. The molecule has 3 N–H and O–H groups in total. The van der Waals surface area contributed by atoms with E-state index in [2.05, 4.69) is 15.6 Å². The highest BCUT2D eigenvalue weighted by atomic mass is 16.1. The van der Waals surface area contributed by atoms with Crippen molar-refractivity contribution < 1.29 is 9.59 Å². The molecule has 1 aromatic heterocycles. The molecule has 5 nitrogen and oxygen atoms in total. The average molecular weight is 345 g/mol. The minimum absolute atomic E-state index is 0.00393. The molecule has 138 valence electrons. The number of H-pyrrole nitrogens is 1. The molecule has 0 bridgehead atoms. The smallest absolute Gasteiger partial charge is 0.224 e. The Hall–Kier alpha value is -2.14. The second-order valence-corrected chi connectivity index (χ2v) is 5.61. The number of benzene rings is 1. The molecule has 1 amide bonds. The first-order valence-electron chi connectivity index (χ1n) is 9.21. The Labute approximate surface area is 150 Å². The van der Waals surface area contributed by atoms with Gasteiger partial charge in [0.15, 0.2) is 0 Å². The maximum absolute atomic E-state index is 12.1. The van der Waals surface area contributed by atoms with Gasteiger partial charge in [-0.25, -0.2) is 0 Å². The van der Waals surface area contributed by atoms with Crippen LogP contribution in [0.3, 0.4) is 0 Å². The topological polar surface area (TPSA) is 74.0 Å². The zero-order valence-corrected chi connectivity index (χ0v) is 16.0. The van der Waals surface area contributed by atoms with Crippen LogP contribution in [0.5, 0.6) is 0 Å². The van der Waals surface area contributed by atoms with Crippen LogP contribution >= 0.6 is 0 Å². The monoisotopic (exact) mass is 345 g/mol. The van der Waals surface area contributed by atoms with Crippen molar-refractivity contribution in [1.82, 2.24) is 15.6 Å². The van der Waals surface area contributed by atoms with Gasteiger partial charge in [-0.3, -0.25) is 9.59 Å². The van der Waals surface area contributed by atoms with Gasteiger partial charge >= 0.3 is 0 Å². The minimum Gasteiger partial charge on any atom is -0.361 e. The SMILES string of the molecule is CC.CC.CC(=O)[C@H]1C[C@@H](NC(=O)Cc2c[nH]c3ccccc23)CN1. The van der Waals surface area contributed by atoms with Crippen molar-refractivity contribution in [1.29, 1.82) is 0 Å². The molecule has 25 heavy (non-hydrogen) atoms. The Kier molecular flexibility index (Phi) is 8.92. The van der Waals surface area contributed by atoms with E-state index >= 15 is 0 Å². The number of carbonyl (C=O) groups excluding carboxylic acids is 2. The zero-order chi connectivity index (χ0) is 18.8. The van der Waals surface area contributed by atoms with Crippen molar-refractivity contribution in [2.45, 2.75) is 59.5 Å². The van der Waals surface area contributed by atoms with Crippen molar-refractivity contribution >= 4 is 22.6 Å². The van der Waals surface area contributed by atoms with Crippen LogP contribution in [0.15, 0.2) is 30.5 Å². The van der Waals surface area contributed by atoms with E-state index in [4.69, 9.17) is 0 Å². The quantitative estimate of drug-likeness (QED) is 0.797. The molecule has 0 unspecified atom stereocenters. The Morgan fingerprint density at radius 2 is 1.84 bits per heavy atom. The van der Waals surface area contributed by atoms with E-state index < -0.39 is 0 Å². The van der Waals surface area contributed by atoms with Crippen molar-refractivity contribution in [3.63, 3.8) is 0 Å². The first-order chi connectivity index (χ1) is 12.1. The van der Waals surface area contributed by atoms with Crippen LogP contribution in [0, 0.1) is 0 Å². The predicted molar refractivity (Wildman–Crippen MR) is 104 cm³/mol. The van der Waals surface area contributed by atoms with Crippen LogP contribution < -0.4 is 10.6 Å². The fourth-order valence-corrected chi connectivity index (χ4v) is 2.88. The third-order valence-corrected chi connectivity index (χ3v) is 4.01. The predicted octanol–water partition coefficient (Wildman–Crippen LogP) is 3.20. The maximum Gasteiger partial charge on any atom is 0.224 e. The second kappa shape index (κ2) is 10.7. The molecular weight excluding hydrogens is 314 g/mol. The van der Waals surface area contributed by atoms with Crippen molar-refractivity contribution in [3.05, 3.63) is 36.0 Å². The van der Waals surface area contributed by atoms with E-state index in [0.29, 0.717) is 19.4 Å².